The molecule has 1 aromatic heterocycles. The summed E-state index contributed by atoms with van der Waals surface area (Å²) in [6.07, 6.45) is 0. The van der Waals surface area contributed by atoms with Crippen LogP contribution in [0.2, 0.25) is 0 Å². The number of nitrogens with one attached hydrogen (secondary N) is 1. The van der Waals surface area contributed by atoms with Gasteiger partial charge in [0.15, 0.2) is 0 Å². The molecule has 0 aliphatic heterocycles. The van der Waals surface area contributed by atoms with Gasteiger partial charge in [-0.05, 0) is 31.2 Å². The minimum atomic E-state index is 0.307. The fourth-order valence-electron chi connectivity index (χ4n) is 1.38. The molecule has 0 fully saturated rings. The zero-order valence-corrected chi connectivity index (χ0v) is 9.62. The molecule has 0 spiro atoms. The quantitative estimate of drug-likeness (QED) is 0.845. The molecule has 1 aromatic carbocycles. The molecule has 0 saturated heterocycles. The number of hydrogen-bond acceptors (Lipinski definition) is 5. The Kier molecular flexibility index (Phi) is 2.91. The highest BCUT2D eigenvalue weighted by Gasteiger charge is 2.05. The lowest BCUT2D eigenvalue weighted by atomic mass is 10.3. The third-order valence-electron chi connectivity index (χ3n) is 2.06. The zero-order valence-electron chi connectivity index (χ0n) is 8.80. The summed E-state index contributed by atoms with van der Waals surface area (Å²) in [4.78, 5) is 0.307. The monoisotopic (exact) mass is 236 g/mol. The summed E-state index contributed by atoms with van der Waals surface area (Å²) in [5.74, 6) is 1.14. The summed E-state index contributed by atoms with van der Waals surface area (Å²) in [5, 5.41) is 7.67. The van der Waals surface area contributed by atoms with Gasteiger partial charge < -0.3 is 10.5 Å². The number of anilines is 1. The van der Waals surface area contributed by atoms with Gasteiger partial charge in [0.2, 0.25) is 10.7 Å². The Morgan fingerprint density at radius 3 is 2.62 bits per heavy atom. The largest absolute Gasteiger partial charge is 0.494 e. The van der Waals surface area contributed by atoms with Crippen LogP contribution in [0.5, 0.6) is 5.75 Å². The predicted molar refractivity (Wildman–Crippen MR) is 62.9 cm³/mol. The van der Waals surface area contributed by atoms with Crippen LogP contribution < -0.4 is 15.3 Å². The second-order valence-corrected chi connectivity index (χ2v) is 3.86. The first kappa shape index (κ1) is 10.7. The molecule has 0 bridgehead atoms. The van der Waals surface area contributed by atoms with E-state index < -0.39 is 0 Å². The number of rotatable bonds is 3. The van der Waals surface area contributed by atoms with E-state index in [1.165, 1.54) is 0 Å². The number of ether oxygens (including phenoxy) is 1. The Bertz CT molecular complexity index is 528. The van der Waals surface area contributed by atoms with E-state index in [1.54, 1.807) is 4.57 Å². The Balaban J connectivity index is 2.39. The SMILES string of the molecule is CCOc1ccc(-n2c(N)nsc2=N)cc1. The van der Waals surface area contributed by atoms with Crippen molar-refractivity contribution in [3.05, 3.63) is 29.1 Å². The number of nitrogens with zero attached hydrogens (tertiary/aromatic N) is 2. The normalized spacial score (nSPS) is 10.3. The third-order valence-corrected chi connectivity index (χ3v) is 2.70. The highest BCUT2D eigenvalue weighted by Crippen LogP contribution is 2.16. The lowest BCUT2D eigenvalue weighted by Crippen LogP contribution is -2.13. The van der Waals surface area contributed by atoms with Crippen LogP contribution in [0.25, 0.3) is 5.69 Å². The first-order valence-electron chi connectivity index (χ1n) is 4.84. The van der Waals surface area contributed by atoms with Gasteiger partial charge in [-0.25, -0.2) is 0 Å². The first-order valence-corrected chi connectivity index (χ1v) is 5.61. The van der Waals surface area contributed by atoms with E-state index in [4.69, 9.17) is 15.9 Å². The average molecular weight is 236 g/mol. The van der Waals surface area contributed by atoms with Crippen LogP contribution in [0.1, 0.15) is 6.92 Å². The Morgan fingerprint density at radius 1 is 1.44 bits per heavy atom. The molecule has 0 atom stereocenters. The molecular formula is C10H12N4OS. The van der Waals surface area contributed by atoms with Gasteiger partial charge >= 0.3 is 0 Å². The van der Waals surface area contributed by atoms with Crippen molar-refractivity contribution in [3.8, 4) is 11.4 Å². The predicted octanol–water partition coefficient (Wildman–Crippen LogP) is 1.39. The van der Waals surface area contributed by atoms with Crippen molar-refractivity contribution < 1.29 is 4.74 Å². The van der Waals surface area contributed by atoms with Crippen molar-refractivity contribution in [1.82, 2.24) is 8.94 Å². The van der Waals surface area contributed by atoms with E-state index in [-0.39, 0.29) is 0 Å². The van der Waals surface area contributed by atoms with Gasteiger partial charge in [-0.1, -0.05) is 0 Å². The van der Waals surface area contributed by atoms with Crippen molar-refractivity contribution in [2.75, 3.05) is 12.3 Å². The summed E-state index contributed by atoms with van der Waals surface area (Å²) >= 11 is 1.06. The fourth-order valence-corrected chi connectivity index (χ4v) is 1.93. The molecule has 2 aromatic rings. The summed E-state index contributed by atoms with van der Waals surface area (Å²) < 4.78 is 10.8. The van der Waals surface area contributed by atoms with E-state index in [0.29, 0.717) is 17.4 Å². The van der Waals surface area contributed by atoms with E-state index in [2.05, 4.69) is 4.37 Å². The molecule has 0 saturated carbocycles. The molecule has 6 heteroatoms. The number of hydrogen-bond donors (Lipinski definition) is 2. The number of aromatic nitrogens is 2. The van der Waals surface area contributed by atoms with Crippen LogP contribution >= 0.6 is 11.5 Å². The van der Waals surface area contributed by atoms with Crippen molar-refractivity contribution >= 4 is 17.5 Å². The van der Waals surface area contributed by atoms with Crippen molar-refractivity contribution in [1.29, 1.82) is 5.41 Å². The summed E-state index contributed by atoms with van der Waals surface area (Å²) in [5.41, 5.74) is 6.50. The van der Waals surface area contributed by atoms with E-state index >= 15 is 0 Å². The number of nitrogen functional groups attached to an aromatic ring is 1. The van der Waals surface area contributed by atoms with Gasteiger partial charge in [0.05, 0.1) is 12.3 Å². The minimum absolute atomic E-state index is 0.307. The van der Waals surface area contributed by atoms with Crippen LogP contribution in [0.15, 0.2) is 24.3 Å². The molecule has 0 amide bonds. The Hall–Kier alpha value is -1.82. The van der Waals surface area contributed by atoms with Gasteiger partial charge in [0.25, 0.3) is 0 Å². The number of nitrogens with two attached hydrogens (primary N) is 1. The van der Waals surface area contributed by atoms with Gasteiger partial charge in [0, 0.05) is 11.5 Å². The highest BCUT2D eigenvalue weighted by molar-refractivity contribution is 7.02. The first-order chi connectivity index (χ1) is 7.72. The lowest BCUT2D eigenvalue weighted by Gasteiger charge is -2.06. The minimum Gasteiger partial charge on any atom is -0.494 e. The second-order valence-electron chi connectivity index (χ2n) is 3.11. The van der Waals surface area contributed by atoms with E-state index in [9.17, 15) is 0 Å². The molecule has 84 valence electrons. The Labute approximate surface area is 96.8 Å². The molecule has 5 nitrogen and oxygen atoms in total. The lowest BCUT2D eigenvalue weighted by molar-refractivity contribution is 0.340. The molecule has 2 rings (SSSR count). The second kappa shape index (κ2) is 4.36. The van der Waals surface area contributed by atoms with Crippen LogP contribution in [0.3, 0.4) is 0 Å². The van der Waals surface area contributed by atoms with Crippen molar-refractivity contribution in [3.63, 3.8) is 0 Å². The van der Waals surface area contributed by atoms with Crippen LogP contribution in [0, 0.1) is 5.41 Å². The summed E-state index contributed by atoms with van der Waals surface area (Å²) in [7, 11) is 0. The Morgan fingerprint density at radius 2 is 2.12 bits per heavy atom. The molecule has 1 heterocycles. The standard InChI is InChI=1S/C10H12N4OS/c1-2-15-8-5-3-7(4-6-8)14-9(11)13-16-10(14)12/h3-6,12H,2H2,1H3,(H2,11,13). The van der Waals surface area contributed by atoms with Gasteiger partial charge in [-0.15, -0.1) is 0 Å². The van der Waals surface area contributed by atoms with E-state index in [1.807, 2.05) is 31.2 Å². The fraction of sp³-hybridized carbons (Fsp3) is 0.200. The molecular weight excluding hydrogens is 224 g/mol. The number of benzene rings is 1. The molecule has 0 aliphatic carbocycles. The average Bonchev–Trinajstić information content (AvgIpc) is 2.61. The molecule has 16 heavy (non-hydrogen) atoms. The summed E-state index contributed by atoms with van der Waals surface area (Å²) in [6, 6.07) is 7.41. The smallest absolute Gasteiger partial charge is 0.218 e. The van der Waals surface area contributed by atoms with Crippen molar-refractivity contribution in [2.45, 2.75) is 6.92 Å². The molecule has 0 unspecified atom stereocenters. The van der Waals surface area contributed by atoms with Crippen molar-refractivity contribution in [2.24, 2.45) is 0 Å². The van der Waals surface area contributed by atoms with Gasteiger partial charge in [-0.2, -0.15) is 4.37 Å². The van der Waals surface area contributed by atoms with E-state index in [0.717, 1.165) is 23.0 Å². The molecule has 3 N–H and O–H groups in total. The maximum atomic E-state index is 7.67. The zero-order chi connectivity index (χ0) is 11.5. The van der Waals surface area contributed by atoms with Crippen LogP contribution in [-0.2, 0) is 0 Å². The molecule has 0 aliphatic rings. The highest BCUT2D eigenvalue weighted by atomic mass is 32.1. The van der Waals surface area contributed by atoms with Crippen LogP contribution in [-0.4, -0.2) is 15.5 Å². The maximum absolute atomic E-state index is 7.67. The summed E-state index contributed by atoms with van der Waals surface area (Å²) in [6.45, 7) is 2.57. The van der Waals surface area contributed by atoms with Gasteiger partial charge in [-0.3, -0.25) is 9.98 Å². The molecule has 0 radical (unpaired) electrons. The van der Waals surface area contributed by atoms with Crippen LogP contribution in [0.4, 0.5) is 5.95 Å². The van der Waals surface area contributed by atoms with Gasteiger partial charge in [0.1, 0.15) is 5.75 Å². The maximum Gasteiger partial charge on any atom is 0.218 e. The topological polar surface area (TPSA) is 76.9 Å². The third kappa shape index (κ3) is 1.92.